The van der Waals surface area contributed by atoms with E-state index >= 15 is 0 Å². The Hall–Kier alpha value is -1.85. The Bertz CT molecular complexity index is 702. The van der Waals surface area contributed by atoms with Crippen molar-refractivity contribution in [3.63, 3.8) is 0 Å². The molecule has 5 nitrogen and oxygen atoms in total. The van der Waals surface area contributed by atoms with Crippen LogP contribution in [0.3, 0.4) is 0 Å². The number of nitrogens with one attached hydrogen (secondary N) is 1. The van der Waals surface area contributed by atoms with Gasteiger partial charge >= 0.3 is 5.97 Å². The maximum atomic E-state index is 11.7. The van der Waals surface area contributed by atoms with Crippen molar-refractivity contribution < 1.29 is 9.53 Å². The van der Waals surface area contributed by atoms with Gasteiger partial charge in [-0.1, -0.05) is 11.6 Å². The van der Waals surface area contributed by atoms with Crippen molar-refractivity contribution in [2.24, 2.45) is 0 Å². The summed E-state index contributed by atoms with van der Waals surface area (Å²) in [7, 11) is 1.44. The van der Waals surface area contributed by atoms with Crippen LogP contribution < -0.4 is 5.32 Å². The molecule has 24 heavy (non-hydrogen) atoms. The first kappa shape index (κ1) is 17.0. The highest BCUT2D eigenvalue weighted by Crippen LogP contribution is 2.24. The molecule has 1 N–H and O–H groups in total. The Morgan fingerprint density at radius 1 is 1.29 bits per heavy atom. The SMILES string of the molecule is COC(=O)Cn1cc(CCCN2CCNCC2)c2cc(C)ccc21. The van der Waals surface area contributed by atoms with Crippen molar-refractivity contribution in [2.45, 2.75) is 26.3 Å². The molecule has 0 atom stereocenters. The summed E-state index contributed by atoms with van der Waals surface area (Å²) in [5.74, 6) is -0.208. The summed E-state index contributed by atoms with van der Waals surface area (Å²) in [6.07, 6.45) is 4.31. The Morgan fingerprint density at radius 3 is 2.83 bits per heavy atom. The second-order valence-corrected chi connectivity index (χ2v) is 6.57. The Morgan fingerprint density at radius 2 is 2.08 bits per heavy atom. The van der Waals surface area contributed by atoms with Gasteiger partial charge in [-0.3, -0.25) is 4.79 Å². The summed E-state index contributed by atoms with van der Waals surface area (Å²) < 4.78 is 6.84. The third-order valence-corrected chi connectivity index (χ3v) is 4.78. The van der Waals surface area contributed by atoms with Crippen LogP contribution in [0.15, 0.2) is 24.4 Å². The fourth-order valence-electron chi connectivity index (χ4n) is 3.45. The van der Waals surface area contributed by atoms with Crippen LogP contribution in [0.2, 0.25) is 0 Å². The quantitative estimate of drug-likeness (QED) is 0.823. The van der Waals surface area contributed by atoms with E-state index in [4.69, 9.17) is 4.74 Å². The lowest BCUT2D eigenvalue weighted by Crippen LogP contribution is -2.43. The van der Waals surface area contributed by atoms with E-state index in [9.17, 15) is 4.79 Å². The second-order valence-electron chi connectivity index (χ2n) is 6.57. The predicted molar refractivity (Wildman–Crippen MR) is 96.3 cm³/mol. The average molecular weight is 329 g/mol. The Labute approximate surface area is 143 Å². The summed E-state index contributed by atoms with van der Waals surface area (Å²) in [5.41, 5.74) is 3.69. The highest BCUT2D eigenvalue weighted by molar-refractivity contribution is 5.86. The lowest BCUT2D eigenvalue weighted by Gasteiger charge is -2.26. The standard InChI is InChI=1S/C19H27N3O2/c1-15-5-6-18-17(12-15)16(13-22(18)14-19(23)24-2)4-3-9-21-10-7-20-8-11-21/h5-6,12-13,20H,3-4,7-11,14H2,1-2H3. The summed E-state index contributed by atoms with van der Waals surface area (Å²) in [6.45, 7) is 7.99. The number of carbonyl (C=O) groups excluding carboxylic acids is 1. The number of fused-ring (bicyclic) bond motifs is 1. The van der Waals surface area contributed by atoms with E-state index in [0.29, 0.717) is 0 Å². The van der Waals surface area contributed by atoms with Crippen LogP contribution in [-0.4, -0.2) is 55.3 Å². The van der Waals surface area contributed by atoms with Gasteiger partial charge in [0.15, 0.2) is 0 Å². The van der Waals surface area contributed by atoms with Crippen molar-refractivity contribution in [1.29, 1.82) is 0 Å². The minimum absolute atomic E-state index is 0.208. The molecule has 1 fully saturated rings. The summed E-state index contributed by atoms with van der Waals surface area (Å²) in [5, 5.41) is 4.65. The molecule has 0 spiro atoms. The van der Waals surface area contributed by atoms with Crippen LogP contribution in [-0.2, 0) is 22.5 Å². The minimum Gasteiger partial charge on any atom is -0.468 e. The Kier molecular flexibility index (Phi) is 5.53. The Balaban J connectivity index is 1.73. The number of benzene rings is 1. The number of carbonyl (C=O) groups is 1. The minimum atomic E-state index is -0.208. The molecule has 0 radical (unpaired) electrons. The smallest absolute Gasteiger partial charge is 0.325 e. The molecule has 2 heterocycles. The van der Waals surface area contributed by atoms with E-state index in [1.165, 1.54) is 23.6 Å². The van der Waals surface area contributed by atoms with Gasteiger partial charge < -0.3 is 19.5 Å². The largest absolute Gasteiger partial charge is 0.468 e. The molecular weight excluding hydrogens is 302 g/mol. The van der Waals surface area contributed by atoms with Gasteiger partial charge in [0.25, 0.3) is 0 Å². The molecule has 1 aliphatic heterocycles. The van der Waals surface area contributed by atoms with E-state index in [-0.39, 0.29) is 12.5 Å². The molecule has 0 aliphatic carbocycles. The van der Waals surface area contributed by atoms with Crippen molar-refractivity contribution >= 4 is 16.9 Å². The summed E-state index contributed by atoms with van der Waals surface area (Å²) in [6, 6.07) is 6.43. The molecule has 1 saturated heterocycles. The van der Waals surface area contributed by atoms with Crippen molar-refractivity contribution in [1.82, 2.24) is 14.8 Å². The molecule has 1 aromatic carbocycles. The van der Waals surface area contributed by atoms with Gasteiger partial charge in [0.1, 0.15) is 6.54 Å². The number of hydrogen-bond acceptors (Lipinski definition) is 4. The molecule has 0 bridgehead atoms. The summed E-state index contributed by atoms with van der Waals surface area (Å²) >= 11 is 0. The van der Waals surface area contributed by atoms with Gasteiger partial charge in [0, 0.05) is 43.3 Å². The van der Waals surface area contributed by atoms with Gasteiger partial charge in [-0.15, -0.1) is 0 Å². The molecule has 130 valence electrons. The van der Waals surface area contributed by atoms with Crippen molar-refractivity contribution in [3.8, 4) is 0 Å². The van der Waals surface area contributed by atoms with E-state index in [1.807, 2.05) is 4.57 Å². The molecule has 5 heteroatoms. The molecule has 0 saturated carbocycles. The van der Waals surface area contributed by atoms with Crippen molar-refractivity contribution in [3.05, 3.63) is 35.5 Å². The number of nitrogens with zero attached hydrogens (tertiary/aromatic N) is 2. The fraction of sp³-hybridized carbons (Fsp3) is 0.526. The number of piperazine rings is 1. The fourth-order valence-corrected chi connectivity index (χ4v) is 3.45. The maximum absolute atomic E-state index is 11.7. The molecule has 1 aliphatic rings. The van der Waals surface area contributed by atoms with Crippen molar-refractivity contribution in [2.75, 3.05) is 39.8 Å². The number of hydrogen-bond donors (Lipinski definition) is 1. The first-order valence-electron chi connectivity index (χ1n) is 8.75. The predicted octanol–water partition coefficient (Wildman–Crippen LogP) is 1.96. The topological polar surface area (TPSA) is 46.5 Å². The van der Waals surface area contributed by atoms with Crippen LogP contribution in [0.1, 0.15) is 17.5 Å². The lowest BCUT2D eigenvalue weighted by molar-refractivity contribution is -0.141. The number of ether oxygens (including phenoxy) is 1. The van der Waals surface area contributed by atoms with Gasteiger partial charge in [0.2, 0.25) is 0 Å². The number of aromatic nitrogens is 1. The van der Waals surface area contributed by atoms with Gasteiger partial charge in [0.05, 0.1) is 7.11 Å². The molecule has 2 aromatic rings. The zero-order valence-electron chi connectivity index (χ0n) is 14.7. The van der Waals surface area contributed by atoms with E-state index in [1.54, 1.807) is 0 Å². The number of methoxy groups -OCH3 is 1. The second kappa shape index (κ2) is 7.81. The molecule has 3 rings (SSSR count). The number of esters is 1. The lowest BCUT2D eigenvalue weighted by atomic mass is 10.1. The first-order valence-corrected chi connectivity index (χ1v) is 8.75. The van der Waals surface area contributed by atoms with Gasteiger partial charge in [-0.05, 0) is 44.0 Å². The van der Waals surface area contributed by atoms with Gasteiger partial charge in [-0.25, -0.2) is 0 Å². The molecule has 0 amide bonds. The zero-order valence-corrected chi connectivity index (χ0v) is 14.7. The third kappa shape index (κ3) is 3.97. The first-order chi connectivity index (χ1) is 11.7. The zero-order chi connectivity index (χ0) is 16.9. The molecule has 1 aromatic heterocycles. The van der Waals surface area contributed by atoms with Crippen LogP contribution >= 0.6 is 0 Å². The highest BCUT2D eigenvalue weighted by atomic mass is 16.5. The maximum Gasteiger partial charge on any atom is 0.325 e. The van der Waals surface area contributed by atoms with Gasteiger partial charge in [-0.2, -0.15) is 0 Å². The van der Waals surface area contributed by atoms with Crippen LogP contribution in [0, 0.1) is 6.92 Å². The molecular formula is C19H27N3O2. The number of aryl methyl sites for hydroxylation is 2. The summed E-state index contributed by atoms with van der Waals surface area (Å²) in [4.78, 5) is 14.2. The van der Waals surface area contributed by atoms with E-state index in [0.717, 1.165) is 51.1 Å². The van der Waals surface area contributed by atoms with Crippen LogP contribution in [0.4, 0.5) is 0 Å². The normalized spacial score (nSPS) is 15.8. The van der Waals surface area contributed by atoms with Crippen LogP contribution in [0.5, 0.6) is 0 Å². The monoisotopic (exact) mass is 329 g/mol. The average Bonchev–Trinajstić information content (AvgIpc) is 2.92. The number of rotatable bonds is 6. The highest BCUT2D eigenvalue weighted by Gasteiger charge is 2.13. The van der Waals surface area contributed by atoms with E-state index in [2.05, 4.69) is 41.5 Å². The van der Waals surface area contributed by atoms with Crippen LogP contribution in [0.25, 0.3) is 10.9 Å². The molecule has 0 unspecified atom stereocenters. The van der Waals surface area contributed by atoms with E-state index < -0.39 is 0 Å². The third-order valence-electron chi connectivity index (χ3n) is 4.78.